The molecule has 4 rings (SSSR count). The van der Waals surface area contributed by atoms with Crippen molar-refractivity contribution in [3.63, 3.8) is 0 Å². The zero-order valence-electron chi connectivity index (χ0n) is 23.0. The highest BCUT2D eigenvalue weighted by molar-refractivity contribution is 6.11. The van der Waals surface area contributed by atoms with Gasteiger partial charge in [-0.15, -0.1) is 6.58 Å². The molecule has 200 valence electrons. The number of hydrogen-bond donors (Lipinski definition) is 2. The normalized spacial score (nSPS) is 16.8. The van der Waals surface area contributed by atoms with Crippen molar-refractivity contribution in [3.05, 3.63) is 84.6 Å². The van der Waals surface area contributed by atoms with Gasteiger partial charge in [-0.1, -0.05) is 82.3 Å². The van der Waals surface area contributed by atoms with Crippen LogP contribution in [0.5, 0.6) is 0 Å². The first-order valence-electron chi connectivity index (χ1n) is 13.1. The Morgan fingerprint density at radius 3 is 2.24 bits per heavy atom. The standard InChI is InChI=1S/C24H24N2O4.C3H6.2C2H6/c1-15-11-17(13-22(27)28)24(30)26(15)21(12-16-7-3-2-4-8-16)23(29)19-14-25-20-10-6-5-9-18(19)20;1-3-2;2*1-2/h2-10,14-15,17,21,25H,11-13H2,1H3,(H,27,28);3H,1H2,2H3;2*1-2H3. The van der Waals surface area contributed by atoms with Gasteiger partial charge in [-0.3, -0.25) is 14.4 Å². The molecule has 2 N–H and O–H groups in total. The maximum absolute atomic E-state index is 13.7. The molecule has 0 aliphatic carbocycles. The number of amides is 1. The molecule has 0 bridgehead atoms. The van der Waals surface area contributed by atoms with Crippen LogP contribution in [0.4, 0.5) is 0 Å². The molecule has 1 aliphatic rings. The Labute approximate surface area is 221 Å². The maximum Gasteiger partial charge on any atom is 0.304 e. The van der Waals surface area contributed by atoms with Crippen LogP contribution in [0, 0.1) is 5.92 Å². The number of likely N-dealkylation sites (tertiary alicyclic amines) is 1. The van der Waals surface area contributed by atoms with Crippen LogP contribution in [0.15, 0.2) is 73.4 Å². The molecule has 3 unspecified atom stereocenters. The number of nitrogens with one attached hydrogen (secondary N) is 1. The van der Waals surface area contributed by atoms with Crippen LogP contribution >= 0.6 is 0 Å². The molecule has 37 heavy (non-hydrogen) atoms. The molecular weight excluding hydrogens is 464 g/mol. The zero-order chi connectivity index (χ0) is 28.0. The van der Waals surface area contributed by atoms with E-state index in [1.165, 1.54) is 0 Å². The molecule has 6 heteroatoms. The molecule has 3 atom stereocenters. The summed E-state index contributed by atoms with van der Waals surface area (Å²) in [6.07, 6.45) is 4.07. The number of allylic oxidation sites excluding steroid dienone is 1. The number of H-pyrrole nitrogens is 1. The summed E-state index contributed by atoms with van der Waals surface area (Å²) in [6, 6.07) is 16.3. The summed E-state index contributed by atoms with van der Waals surface area (Å²) in [6.45, 7) is 15.1. The average Bonchev–Trinajstić information content (AvgIpc) is 3.46. The summed E-state index contributed by atoms with van der Waals surface area (Å²) in [7, 11) is 0. The first-order valence-corrected chi connectivity index (χ1v) is 13.1. The molecule has 0 radical (unpaired) electrons. The number of fused-ring (bicyclic) bond motifs is 1. The van der Waals surface area contributed by atoms with Gasteiger partial charge < -0.3 is 15.0 Å². The van der Waals surface area contributed by atoms with E-state index in [-0.39, 0.29) is 24.2 Å². The molecule has 2 heterocycles. The van der Waals surface area contributed by atoms with Crippen LogP contribution in [-0.2, 0) is 16.0 Å². The topological polar surface area (TPSA) is 90.5 Å². The number of carbonyl (C=O) groups is 3. The van der Waals surface area contributed by atoms with E-state index in [0.29, 0.717) is 18.4 Å². The number of carboxylic acids is 1. The van der Waals surface area contributed by atoms with E-state index >= 15 is 0 Å². The molecule has 0 spiro atoms. The number of nitrogens with zero attached hydrogens (tertiary/aromatic N) is 1. The van der Waals surface area contributed by atoms with Gasteiger partial charge in [0.15, 0.2) is 5.78 Å². The van der Waals surface area contributed by atoms with Crippen LogP contribution < -0.4 is 0 Å². The third-order valence-corrected chi connectivity index (χ3v) is 5.89. The fourth-order valence-corrected chi connectivity index (χ4v) is 4.51. The summed E-state index contributed by atoms with van der Waals surface area (Å²) in [5.74, 6) is -1.97. The lowest BCUT2D eigenvalue weighted by molar-refractivity contribution is -0.142. The summed E-state index contributed by atoms with van der Waals surface area (Å²) in [5, 5.41) is 10.00. The molecule has 1 fully saturated rings. The first-order chi connectivity index (χ1) is 17.9. The van der Waals surface area contributed by atoms with Crippen molar-refractivity contribution in [2.24, 2.45) is 5.92 Å². The third-order valence-electron chi connectivity index (χ3n) is 5.89. The number of aromatic amines is 1. The van der Waals surface area contributed by atoms with E-state index in [1.54, 1.807) is 17.2 Å². The Bertz CT molecular complexity index is 1140. The fourth-order valence-electron chi connectivity index (χ4n) is 4.51. The van der Waals surface area contributed by atoms with Crippen molar-refractivity contribution in [2.45, 2.75) is 72.9 Å². The van der Waals surface area contributed by atoms with Gasteiger partial charge in [-0.2, -0.15) is 0 Å². The number of aliphatic carboxylic acids is 1. The fraction of sp³-hybridized carbons (Fsp3) is 0.387. The molecule has 3 aromatic rings. The van der Waals surface area contributed by atoms with Gasteiger partial charge >= 0.3 is 5.97 Å². The number of carboxylic acid groups (broad SMARTS) is 1. The van der Waals surface area contributed by atoms with E-state index in [0.717, 1.165) is 16.5 Å². The number of benzene rings is 2. The van der Waals surface area contributed by atoms with Gasteiger partial charge in [0, 0.05) is 35.1 Å². The monoisotopic (exact) mass is 506 g/mol. The van der Waals surface area contributed by atoms with E-state index in [9.17, 15) is 19.5 Å². The zero-order valence-corrected chi connectivity index (χ0v) is 23.0. The van der Waals surface area contributed by atoms with E-state index in [4.69, 9.17) is 0 Å². The Kier molecular flexibility index (Phi) is 13.7. The molecule has 6 nitrogen and oxygen atoms in total. The predicted octanol–water partition coefficient (Wildman–Crippen LogP) is 6.92. The molecule has 1 aromatic heterocycles. The van der Waals surface area contributed by atoms with Crippen molar-refractivity contribution in [1.29, 1.82) is 0 Å². The summed E-state index contributed by atoms with van der Waals surface area (Å²) in [5.41, 5.74) is 2.37. The van der Waals surface area contributed by atoms with Crippen LogP contribution in [0.3, 0.4) is 0 Å². The summed E-state index contributed by atoms with van der Waals surface area (Å²) >= 11 is 0. The summed E-state index contributed by atoms with van der Waals surface area (Å²) < 4.78 is 0. The number of para-hydroxylation sites is 1. The lowest BCUT2D eigenvalue weighted by Crippen LogP contribution is -2.47. The number of ketones is 1. The Hall–Kier alpha value is -3.67. The molecule has 2 aromatic carbocycles. The number of hydrogen-bond acceptors (Lipinski definition) is 3. The molecule has 1 amide bonds. The Morgan fingerprint density at radius 2 is 1.65 bits per heavy atom. The number of rotatable bonds is 7. The van der Waals surface area contributed by atoms with Gasteiger partial charge in [0.2, 0.25) is 5.91 Å². The maximum atomic E-state index is 13.7. The predicted molar refractivity (Wildman–Crippen MR) is 152 cm³/mol. The van der Waals surface area contributed by atoms with Crippen molar-refractivity contribution >= 4 is 28.6 Å². The minimum absolute atomic E-state index is 0.132. The minimum Gasteiger partial charge on any atom is -0.481 e. The Morgan fingerprint density at radius 1 is 1.08 bits per heavy atom. The number of Topliss-reactive ketones (excluding diaryl/α,β-unsaturated/α-hetero) is 1. The second-order valence-electron chi connectivity index (χ2n) is 8.35. The highest BCUT2D eigenvalue weighted by atomic mass is 16.4. The SMILES string of the molecule is C=CC.CC.CC.CC1CC(CC(=O)O)C(=O)N1C(Cc1ccccc1)C(=O)c1c[nH]c2ccccc12. The lowest BCUT2D eigenvalue weighted by atomic mass is 9.95. The van der Waals surface area contributed by atoms with Crippen molar-refractivity contribution in [1.82, 2.24) is 9.88 Å². The quantitative estimate of drug-likeness (QED) is 0.269. The highest BCUT2D eigenvalue weighted by Crippen LogP contribution is 2.32. The second kappa shape index (κ2) is 16.1. The van der Waals surface area contributed by atoms with E-state index < -0.39 is 17.9 Å². The molecular formula is C31H42N2O4. The lowest BCUT2D eigenvalue weighted by Gasteiger charge is -2.31. The van der Waals surface area contributed by atoms with Gasteiger partial charge in [0.1, 0.15) is 0 Å². The van der Waals surface area contributed by atoms with E-state index in [1.807, 2.05) is 96.1 Å². The smallest absolute Gasteiger partial charge is 0.304 e. The highest BCUT2D eigenvalue weighted by Gasteiger charge is 2.44. The number of carbonyl (C=O) groups excluding carboxylic acids is 2. The minimum atomic E-state index is -0.995. The molecule has 0 saturated carbocycles. The van der Waals surface area contributed by atoms with Crippen molar-refractivity contribution in [3.8, 4) is 0 Å². The van der Waals surface area contributed by atoms with E-state index in [2.05, 4.69) is 11.6 Å². The summed E-state index contributed by atoms with van der Waals surface area (Å²) in [4.78, 5) is 42.8. The Balaban J connectivity index is 0.000000894. The first kappa shape index (κ1) is 31.4. The second-order valence-corrected chi connectivity index (χ2v) is 8.35. The molecule has 1 saturated heterocycles. The average molecular weight is 507 g/mol. The van der Waals surface area contributed by atoms with Crippen LogP contribution in [0.1, 0.15) is 70.3 Å². The van der Waals surface area contributed by atoms with Gasteiger partial charge in [0.25, 0.3) is 0 Å². The van der Waals surface area contributed by atoms with Gasteiger partial charge in [0.05, 0.1) is 18.4 Å². The van der Waals surface area contributed by atoms with Crippen molar-refractivity contribution in [2.75, 3.05) is 0 Å². The molecule has 1 aliphatic heterocycles. The van der Waals surface area contributed by atoms with Crippen molar-refractivity contribution < 1.29 is 19.5 Å². The van der Waals surface area contributed by atoms with Gasteiger partial charge in [-0.25, -0.2) is 0 Å². The van der Waals surface area contributed by atoms with Gasteiger partial charge in [-0.05, 0) is 31.9 Å². The number of aromatic nitrogens is 1. The van der Waals surface area contributed by atoms with Crippen LogP contribution in [0.25, 0.3) is 10.9 Å². The largest absolute Gasteiger partial charge is 0.481 e. The van der Waals surface area contributed by atoms with Crippen LogP contribution in [0.2, 0.25) is 0 Å². The third kappa shape index (κ3) is 8.17. The van der Waals surface area contributed by atoms with Crippen LogP contribution in [-0.4, -0.2) is 44.7 Å².